The number of H-pyrrole nitrogens is 1. The van der Waals surface area contributed by atoms with Gasteiger partial charge in [-0.3, -0.25) is 9.89 Å². The molecular formula is C24H22ClN5O. The minimum Gasteiger partial charge on any atom is -0.341 e. The first-order chi connectivity index (χ1) is 15.1. The Kier molecular flexibility index (Phi) is 5.08. The fourth-order valence-corrected chi connectivity index (χ4v) is 4.28. The lowest BCUT2D eigenvalue weighted by atomic mass is 10.1. The van der Waals surface area contributed by atoms with Crippen LogP contribution in [0.15, 0.2) is 65.6 Å². The summed E-state index contributed by atoms with van der Waals surface area (Å²) < 4.78 is 3.50. The molecule has 0 saturated heterocycles. The summed E-state index contributed by atoms with van der Waals surface area (Å²) in [5.74, 6) is 0.976. The lowest BCUT2D eigenvalue weighted by Crippen LogP contribution is -2.16. The molecule has 5 rings (SSSR count). The van der Waals surface area contributed by atoms with E-state index in [1.165, 1.54) is 10.1 Å². The van der Waals surface area contributed by atoms with Crippen molar-refractivity contribution in [3.8, 4) is 11.4 Å². The number of benzene rings is 2. The van der Waals surface area contributed by atoms with Crippen LogP contribution in [0.2, 0.25) is 5.02 Å². The van der Waals surface area contributed by atoms with Crippen molar-refractivity contribution in [2.24, 2.45) is 0 Å². The predicted molar refractivity (Wildman–Crippen MR) is 124 cm³/mol. The van der Waals surface area contributed by atoms with Crippen LogP contribution in [-0.4, -0.2) is 24.1 Å². The van der Waals surface area contributed by atoms with Crippen molar-refractivity contribution in [3.05, 3.63) is 87.4 Å². The van der Waals surface area contributed by atoms with Crippen LogP contribution in [0.4, 0.5) is 0 Å². The fourth-order valence-electron chi connectivity index (χ4n) is 3.99. The van der Waals surface area contributed by atoms with Gasteiger partial charge in [0.05, 0.1) is 22.8 Å². The molecule has 7 heteroatoms. The molecule has 0 amide bonds. The number of rotatable bonds is 6. The van der Waals surface area contributed by atoms with Gasteiger partial charge in [0.25, 0.3) is 11.3 Å². The maximum atomic E-state index is 12.7. The van der Waals surface area contributed by atoms with Crippen molar-refractivity contribution < 1.29 is 0 Å². The number of aryl methyl sites for hydroxylation is 1. The van der Waals surface area contributed by atoms with Gasteiger partial charge in [0, 0.05) is 23.2 Å². The summed E-state index contributed by atoms with van der Waals surface area (Å²) in [6.45, 7) is 2.66. The van der Waals surface area contributed by atoms with Gasteiger partial charge in [-0.1, -0.05) is 61.3 Å². The van der Waals surface area contributed by atoms with Crippen molar-refractivity contribution >= 4 is 28.3 Å². The SMILES string of the molecule is CCCCc1cn(Cc2cc(=O)n3[nH]c(-c4ccccc4)nc3n2)c2cccc(Cl)c12. The monoisotopic (exact) mass is 431 g/mol. The molecule has 0 spiro atoms. The number of unbranched alkanes of at least 4 members (excludes halogenated alkanes) is 1. The minimum atomic E-state index is -0.185. The summed E-state index contributed by atoms with van der Waals surface area (Å²) in [7, 11) is 0. The summed E-state index contributed by atoms with van der Waals surface area (Å²) in [5, 5.41) is 4.88. The maximum Gasteiger partial charge on any atom is 0.274 e. The first kappa shape index (κ1) is 19.6. The van der Waals surface area contributed by atoms with E-state index in [0.717, 1.165) is 40.8 Å². The highest BCUT2D eigenvalue weighted by molar-refractivity contribution is 6.35. The zero-order valence-electron chi connectivity index (χ0n) is 17.2. The van der Waals surface area contributed by atoms with Crippen molar-refractivity contribution in [1.82, 2.24) is 24.1 Å². The van der Waals surface area contributed by atoms with Crippen LogP contribution >= 0.6 is 11.6 Å². The summed E-state index contributed by atoms with van der Waals surface area (Å²) in [6.07, 6.45) is 5.33. The van der Waals surface area contributed by atoms with E-state index >= 15 is 0 Å². The van der Waals surface area contributed by atoms with E-state index in [0.29, 0.717) is 23.8 Å². The Labute approximate surface area is 184 Å². The van der Waals surface area contributed by atoms with E-state index < -0.39 is 0 Å². The van der Waals surface area contributed by atoms with Gasteiger partial charge in [0.15, 0.2) is 5.82 Å². The Hall–Kier alpha value is -3.38. The first-order valence-electron chi connectivity index (χ1n) is 10.4. The number of fused-ring (bicyclic) bond motifs is 2. The molecule has 0 radical (unpaired) electrons. The van der Waals surface area contributed by atoms with Crippen LogP contribution in [0.25, 0.3) is 28.1 Å². The van der Waals surface area contributed by atoms with Gasteiger partial charge in [0.2, 0.25) is 0 Å². The standard InChI is InChI=1S/C24H22ClN5O/c1-2-3-8-17-14-29(20-12-7-11-19(25)22(17)20)15-18-13-21(31)30-24(26-18)27-23(28-30)16-9-5-4-6-10-16/h4-7,9-14H,2-3,8,15H2,1H3,(H,26,27,28). The Morgan fingerprint density at radius 2 is 1.90 bits per heavy atom. The molecule has 0 fully saturated rings. The molecule has 0 aliphatic carbocycles. The highest BCUT2D eigenvalue weighted by Gasteiger charge is 2.14. The van der Waals surface area contributed by atoms with Gasteiger partial charge in [-0.25, -0.2) is 4.98 Å². The molecule has 31 heavy (non-hydrogen) atoms. The van der Waals surface area contributed by atoms with Crippen molar-refractivity contribution in [2.75, 3.05) is 0 Å². The molecule has 1 N–H and O–H groups in total. The van der Waals surface area contributed by atoms with Crippen molar-refractivity contribution in [2.45, 2.75) is 32.7 Å². The van der Waals surface area contributed by atoms with E-state index in [-0.39, 0.29) is 5.56 Å². The number of aromatic amines is 1. The first-order valence-corrected chi connectivity index (χ1v) is 10.8. The Balaban J connectivity index is 1.56. The molecule has 2 aromatic carbocycles. The highest BCUT2D eigenvalue weighted by atomic mass is 35.5. The number of aromatic nitrogens is 5. The molecule has 0 bridgehead atoms. The molecular weight excluding hydrogens is 410 g/mol. The predicted octanol–water partition coefficient (Wildman–Crippen LogP) is 5.08. The Bertz CT molecular complexity index is 1430. The lowest BCUT2D eigenvalue weighted by molar-refractivity contribution is 0.769. The van der Waals surface area contributed by atoms with Crippen LogP contribution in [0.3, 0.4) is 0 Å². The van der Waals surface area contributed by atoms with E-state index in [2.05, 4.69) is 38.8 Å². The normalized spacial score (nSPS) is 11.5. The third-order valence-corrected chi connectivity index (χ3v) is 5.81. The summed E-state index contributed by atoms with van der Waals surface area (Å²) in [4.78, 5) is 21.9. The molecule has 0 atom stereocenters. The molecule has 0 aliphatic rings. The number of halogens is 1. The van der Waals surface area contributed by atoms with Crippen LogP contribution in [0.5, 0.6) is 0 Å². The zero-order chi connectivity index (χ0) is 21.4. The molecule has 0 aliphatic heterocycles. The lowest BCUT2D eigenvalue weighted by Gasteiger charge is -2.05. The van der Waals surface area contributed by atoms with Crippen LogP contribution < -0.4 is 5.56 Å². The van der Waals surface area contributed by atoms with Gasteiger partial charge < -0.3 is 4.57 Å². The van der Waals surface area contributed by atoms with Crippen molar-refractivity contribution in [1.29, 1.82) is 0 Å². The second-order valence-electron chi connectivity index (χ2n) is 7.68. The molecule has 0 unspecified atom stereocenters. The van der Waals surface area contributed by atoms with Gasteiger partial charge >= 0.3 is 0 Å². The third-order valence-electron chi connectivity index (χ3n) is 5.50. The Morgan fingerprint density at radius 3 is 2.71 bits per heavy atom. The molecule has 3 aromatic heterocycles. The number of nitrogens with one attached hydrogen (secondary N) is 1. The Morgan fingerprint density at radius 1 is 1.06 bits per heavy atom. The van der Waals surface area contributed by atoms with E-state index in [1.807, 2.05) is 42.5 Å². The van der Waals surface area contributed by atoms with E-state index in [1.54, 1.807) is 6.07 Å². The van der Waals surface area contributed by atoms with Gasteiger partial charge in [0.1, 0.15) is 0 Å². The number of hydrogen-bond acceptors (Lipinski definition) is 3. The number of hydrogen-bond donors (Lipinski definition) is 1. The fraction of sp³-hybridized carbons (Fsp3) is 0.208. The molecule has 5 aromatic rings. The van der Waals surface area contributed by atoms with Crippen molar-refractivity contribution in [3.63, 3.8) is 0 Å². The largest absolute Gasteiger partial charge is 0.341 e. The molecule has 156 valence electrons. The molecule has 0 saturated carbocycles. The topological polar surface area (TPSA) is 68.0 Å². The van der Waals surface area contributed by atoms with Crippen LogP contribution in [0.1, 0.15) is 31.0 Å². The summed E-state index contributed by atoms with van der Waals surface area (Å²) in [5.41, 5.74) is 3.66. The smallest absolute Gasteiger partial charge is 0.274 e. The summed E-state index contributed by atoms with van der Waals surface area (Å²) in [6, 6.07) is 17.2. The van der Waals surface area contributed by atoms with Gasteiger partial charge in [-0.05, 0) is 30.5 Å². The third kappa shape index (κ3) is 3.64. The average Bonchev–Trinajstić information content (AvgIpc) is 3.36. The van der Waals surface area contributed by atoms with Gasteiger partial charge in [-0.2, -0.15) is 9.50 Å². The van der Waals surface area contributed by atoms with Crippen LogP contribution in [0, 0.1) is 0 Å². The second kappa shape index (κ2) is 8.04. The van der Waals surface area contributed by atoms with E-state index in [4.69, 9.17) is 11.6 Å². The molecule has 6 nitrogen and oxygen atoms in total. The number of nitrogens with zero attached hydrogens (tertiary/aromatic N) is 4. The van der Waals surface area contributed by atoms with Gasteiger partial charge in [-0.15, -0.1) is 0 Å². The minimum absolute atomic E-state index is 0.185. The maximum absolute atomic E-state index is 12.7. The van der Waals surface area contributed by atoms with E-state index in [9.17, 15) is 4.79 Å². The highest BCUT2D eigenvalue weighted by Crippen LogP contribution is 2.30. The zero-order valence-corrected chi connectivity index (χ0v) is 17.9. The van der Waals surface area contributed by atoms with Crippen LogP contribution in [-0.2, 0) is 13.0 Å². The quantitative estimate of drug-likeness (QED) is 0.407. The molecule has 3 heterocycles. The summed E-state index contributed by atoms with van der Waals surface area (Å²) >= 11 is 6.53. The average molecular weight is 432 g/mol. The second-order valence-corrected chi connectivity index (χ2v) is 8.09.